The molecule has 2 aromatic carbocycles. The summed E-state index contributed by atoms with van der Waals surface area (Å²) in [6.45, 7) is 6.14. The van der Waals surface area contributed by atoms with E-state index in [1.165, 1.54) is 11.6 Å². The number of piperidine rings is 1. The summed E-state index contributed by atoms with van der Waals surface area (Å²) in [6, 6.07) is 7.03. The Labute approximate surface area is 208 Å². The number of benzene rings is 2. The normalized spacial score (nSPS) is 33.2. The SMILES string of the molecule is C=CCN1CC[C@]23c4c5ccc(OC)c4O[C@H]2c2c(c4cc(F)cc6c4n2CC[C@@H]6O)C[C@@]3(O)[C@H]1C5. The maximum Gasteiger partial charge on any atom is 0.166 e. The average Bonchev–Trinajstić information content (AvgIpc) is 3.35. The topological polar surface area (TPSA) is 67.1 Å². The quantitative estimate of drug-likeness (QED) is 0.551. The summed E-state index contributed by atoms with van der Waals surface area (Å²) in [6.07, 6.45) is 3.18. The number of halogens is 1. The highest BCUT2D eigenvalue weighted by Gasteiger charge is 2.73. The third-order valence-electron chi connectivity index (χ3n) is 9.87. The summed E-state index contributed by atoms with van der Waals surface area (Å²) < 4.78 is 29.7. The highest BCUT2D eigenvalue weighted by molar-refractivity contribution is 5.90. The van der Waals surface area contributed by atoms with E-state index >= 15 is 0 Å². The average molecular weight is 489 g/mol. The Hall–Kier alpha value is -2.87. The first-order valence-corrected chi connectivity index (χ1v) is 12.9. The lowest BCUT2D eigenvalue weighted by Crippen LogP contribution is -2.74. The fourth-order valence-electron chi connectivity index (χ4n) is 8.56. The number of aliphatic hydroxyl groups is 2. The van der Waals surface area contributed by atoms with Gasteiger partial charge in [-0.3, -0.25) is 4.90 Å². The van der Waals surface area contributed by atoms with Gasteiger partial charge < -0.3 is 24.3 Å². The van der Waals surface area contributed by atoms with Crippen molar-refractivity contribution in [3.8, 4) is 11.5 Å². The van der Waals surface area contributed by atoms with Crippen LogP contribution in [0, 0.1) is 5.82 Å². The number of likely N-dealkylation sites (tertiary alicyclic amines) is 1. The first kappa shape index (κ1) is 21.2. The maximum atomic E-state index is 14.9. The number of rotatable bonds is 3. The molecule has 36 heavy (non-hydrogen) atoms. The molecule has 3 aliphatic heterocycles. The minimum Gasteiger partial charge on any atom is -0.493 e. The number of aryl methyl sites for hydroxylation is 1. The zero-order valence-corrected chi connectivity index (χ0v) is 20.3. The van der Waals surface area contributed by atoms with Gasteiger partial charge in [0.05, 0.1) is 35.4 Å². The molecule has 2 aliphatic carbocycles. The van der Waals surface area contributed by atoms with Crippen LogP contribution in [0.25, 0.3) is 10.9 Å². The highest BCUT2D eigenvalue weighted by atomic mass is 19.1. The predicted molar refractivity (Wildman–Crippen MR) is 132 cm³/mol. The Kier molecular flexibility index (Phi) is 3.96. The zero-order valence-electron chi connectivity index (χ0n) is 20.3. The molecule has 1 spiro atoms. The molecule has 186 valence electrons. The Morgan fingerprint density at radius 1 is 1.31 bits per heavy atom. The lowest BCUT2D eigenvalue weighted by Gasteiger charge is -2.62. The van der Waals surface area contributed by atoms with Crippen LogP contribution in [0.3, 0.4) is 0 Å². The van der Waals surface area contributed by atoms with Crippen LogP contribution in [0.5, 0.6) is 11.5 Å². The van der Waals surface area contributed by atoms with Crippen LogP contribution < -0.4 is 9.47 Å². The van der Waals surface area contributed by atoms with E-state index in [9.17, 15) is 14.6 Å². The van der Waals surface area contributed by atoms with Crippen LogP contribution in [0.2, 0.25) is 0 Å². The van der Waals surface area contributed by atoms with E-state index in [2.05, 4.69) is 22.1 Å². The molecule has 1 saturated heterocycles. The van der Waals surface area contributed by atoms with Crippen molar-refractivity contribution in [2.24, 2.45) is 0 Å². The summed E-state index contributed by atoms with van der Waals surface area (Å²) in [7, 11) is 1.66. The number of aromatic nitrogens is 1. The van der Waals surface area contributed by atoms with Gasteiger partial charge in [0.1, 0.15) is 5.82 Å². The molecule has 1 aromatic heterocycles. The second kappa shape index (κ2) is 6.71. The fraction of sp³-hybridized carbons (Fsp3) is 0.448. The zero-order chi connectivity index (χ0) is 24.6. The van der Waals surface area contributed by atoms with Gasteiger partial charge in [0, 0.05) is 48.6 Å². The van der Waals surface area contributed by atoms with Crippen molar-refractivity contribution in [1.82, 2.24) is 9.47 Å². The number of aliphatic hydroxyl groups excluding tert-OH is 1. The molecule has 2 bridgehead atoms. The minimum absolute atomic E-state index is 0.113. The van der Waals surface area contributed by atoms with Crippen molar-refractivity contribution in [2.45, 2.75) is 61.5 Å². The van der Waals surface area contributed by atoms with Gasteiger partial charge in [-0.25, -0.2) is 4.39 Å². The summed E-state index contributed by atoms with van der Waals surface area (Å²) in [5.41, 5.74) is 4.05. The summed E-state index contributed by atoms with van der Waals surface area (Å²) in [4.78, 5) is 2.35. The molecule has 3 aromatic rings. The van der Waals surface area contributed by atoms with Crippen LogP contribution >= 0.6 is 0 Å². The van der Waals surface area contributed by atoms with E-state index in [1.807, 2.05) is 12.1 Å². The Morgan fingerprint density at radius 2 is 2.17 bits per heavy atom. The van der Waals surface area contributed by atoms with Crippen molar-refractivity contribution in [2.75, 3.05) is 20.2 Å². The smallest absolute Gasteiger partial charge is 0.166 e. The second-order valence-electron chi connectivity index (χ2n) is 11.2. The van der Waals surface area contributed by atoms with Gasteiger partial charge in [0.2, 0.25) is 0 Å². The summed E-state index contributed by atoms with van der Waals surface area (Å²) in [5, 5.41) is 24.5. The van der Waals surface area contributed by atoms with E-state index in [0.717, 1.165) is 46.4 Å². The molecule has 0 amide bonds. The minimum atomic E-state index is -1.10. The van der Waals surface area contributed by atoms with Gasteiger partial charge in [-0.05, 0) is 48.6 Å². The summed E-state index contributed by atoms with van der Waals surface area (Å²) in [5.74, 6) is 1.06. The lowest BCUT2D eigenvalue weighted by molar-refractivity contribution is -0.171. The van der Waals surface area contributed by atoms with Crippen LogP contribution in [0.1, 0.15) is 53.0 Å². The Bertz CT molecular complexity index is 1500. The number of hydrogen-bond donors (Lipinski definition) is 2. The van der Waals surface area contributed by atoms with Crippen LogP contribution in [0.15, 0.2) is 36.9 Å². The molecule has 8 rings (SSSR count). The molecule has 5 aliphatic rings. The third kappa shape index (κ3) is 2.17. The van der Waals surface area contributed by atoms with Crippen LogP contribution in [-0.4, -0.2) is 51.5 Å². The van der Waals surface area contributed by atoms with Gasteiger partial charge in [0.25, 0.3) is 0 Å². The number of nitrogens with zero attached hydrogens (tertiary/aromatic N) is 2. The van der Waals surface area contributed by atoms with Crippen LogP contribution in [-0.2, 0) is 24.8 Å². The molecule has 7 heteroatoms. The highest BCUT2D eigenvalue weighted by Crippen LogP contribution is 2.69. The standard InChI is InChI=1S/C29H29FN2O4/c1-3-8-31-10-7-28-23-15-4-5-21(35-2)26(23)36-27(28)25-19(14-29(28,34)22(31)11-15)17-12-16(30)13-18-20(33)6-9-32(25)24(17)18/h3-5,12-13,20,22,27,33-34H,1,6-11,14H2,2H3/t20-,22+,27-,28-,29+/m0/s1. The van der Waals surface area contributed by atoms with E-state index in [-0.39, 0.29) is 11.9 Å². The molecule has 0 unspecified atom stereocenters. The molecule has 6 nitrogen and oxygen atoms in total. The molecule has 2 N–H and O–H groups in total. The molecular weight excluding hydrogens is 459 g/mol. The number of methoxy groups -OCH3 is 1. The first-order valence-electron chi connectivity index (χ1n) is 12.9. The largest absolute Gasteiger partial charge is 0.493 e. The van der Waals surface area contributed by atoms with Gasteiger partial charge in [-0.15, -0.1) is 6.58 Å². The van der Waals surface area contributed by atoms with Crippen molar-refractivity contribution in [1.29, 1.82) is 0 Å². The van der Waals surface area contributed by atoms with E-state index < -0.39 is 23.2 Å². The van der Waals surface area contributed by atoms with Gasteiger partial charge in [0.15, 0.2) is 17.6 Å². The van der Waals surface area contributed by atoms with Crippen molar-refractivity contribution < 1.29 is 24.1 Å². The van der Waals surface area contributed by atoms with Crippen molar-refractivity contribution in [3.63, 3.8) is 0 Å². The predicted octanol–water partition coefficient (Wildman–Crippen LogP) is 3.70. The van der Waals surface area contributed by atoms with Gasteiger partial charge in [-0.2, -0.15) is 0 Å². The molecule has 5 atom stereocenters. The van der Waals surface area contributed by atoms with Gasteiger partial charge in [-0.1, -0.05) is 12.1 Å². The molecule has 1 fully saturated rings. The monoisotopic (exact) mass is 488 g/mol. The third-order valence-corrected chi connectivity index (χ3v) is 9.87. The number of hydrogen-bond acceptors (Lipinski definition) is 5. The maximum absolute atomic E-state index is 14.9. The second-order valence-corrected chi connectivity index (χ2v) is 11.2. The van der Waals surface area contributed by atoms with Crippen molar-refractivity contribution >= 4 is 10.9 Å². The molecule has 0 radical (unpaired) electrons. The van der Waals surface area contributed by atoms with Crippen molar-refractivity contribution in [3.05, 3.63) is 70.7 Å². The molecule has 4 heterocycles. The van der Waals surface area contributed by atoms with Crippen LogP contribution in [0.4, 0.5) is 4.39 Å². The number of ether oxygens (including phenoxy) is 2. The van der Waals surface area contributed by atoms with E-state index in [0.29, 0.717) is 43.7 Å². The Morgan fingerprint density at radius 3 is 2.97 bits per heavy atom. The van der Waals surface area contributed by atoms with E-state index in [4.69, 9.17) is 9.47 Å². The molecular formula is C29H29FN2O4. The Balaban J connectivity index is 1.48. The fourth-order valence-corrected chi connectivity index (χ4v) is 8.56. The lowest BCUT2D eigenvalue weighted by atomic mass is 9.49. The number of fused-ring (bicyclic) bond motifs is 4. The summed E-state index contributed by atoms with van der Waals surface area (Å²) >= 11 is 0. The first-order chi connectivity index (χ1) is 17.4. The van der Waals surface area contributed by atoms with E-state index in [1.54, 1.807) is 13.2 Å². The molecule has 0 saturated carbocycles. The van der Waals surface area contributed by atoms with Gasteiger partial charge >= 0.3 is 0 Å².